The molecule has 2 heteroatoms. The number of Topliss-reactive ketones (excluding diaryl/α,β-unsaturated/α-hetero) is 1. The van der Waals surface area contributed by atoms with Gasteiger partial charge in [0, 0.05) is 6.42 Å². The summed E-state index contributed by atoms with van der Waals surface area (Å²) in [7, 11) is 0. The van der Waals surface area contributed by atoms with Gasteiger partial charge in [-0.3, -0.25) is 0 Å². The standard InChI is InChI=1S/C13H16O2/c1-10(14)8-11-4-2-5-12(11)9-13-6-3-7-15-13/h3,6-7,9,11H,2,4-5,8H2,1H3/b12-9+. The highest BCUT2D eigenvalue weighted by Gasteiger charge is 2.22. The average molecular weight is 204 g/mol. The minimum Gasteiger partial charge on any atom is -0.465 e. The van der Waals surface area contributed by atoms with Gasteiger partial charge in [0.15, 0.2) is 0 Å². The zero-order chi connectivity index (χ0) is 10.7. The third-order valence-electron chi connectivity index (χ3n) is 2.95. The van der Waals surface area contributed by atoms with Crippen molar-refractivity contribution in [1.82, 2.24) is 0 Å². The second kappa shape index (κ2) is 4.47. The number of hydrogen-bond donors (Lipinski definition) is 0. The molecule has 15 heavy (non-hydrogen) atoms. The summed E-state index contributed by atoms with van der Waals surface area (Å²) in [5.41, 5.74) is 1.38. The maximum absolute atomic E-state index is 11.1. The fraction of sp³-hybridized carbons (Fsp3) is 0.462. The predicted octanol–water partition coefficient (Wildman–Crippen LogP) is 3.44. The molecule has 1 aromatic heterocycles. The van der Waals surface area contributed by atoms with Gasteiger partial charge in [-0.25, -0.2) is 0 Å². The molecule has 1 aliphatic carbocycles. The Bertz CT molecular complexity index is 360. The number of carbonyl (C=O) groups is 1. The average Bonchev–Trinajstić information content (AvgIpc) is 2.78. The molecule has 1 heterocycles. The lowest BCUT2D eigenvalue weighted by Crippen LogP contribution is -2.03. The highest BCUT2D eigenvalue weighted by molar-refractivity contribution is 5.76. The summed E-state index contributed by atoms with van der Waals surface area (Å²) in [4.78, 5) is 11.1. The zero-order valence-electron chi connectivity index (χ0n) is 9.03. The van der Waals surface area contributed by atoms with E-state index in [1.165, 1.54) is 12.0 Å². The predicted molar refractivity (Wildman–Crippen MR) is 59.3 cm³/mol. The van der Waals surface area contributed by atoms with Crippen molar-refractivity contribution in [3.8, 4) is 0 Å². The van der Waals surface area contributed by atoms with Crippen LogP contribution in [0.1, 0.15) is 38.4 Å². The second-order valence-electron chi connectivity index (χ2n) is 4.23. The molecule has 1 aromatic rings. The summed E-state index contributed by atoms with van der Waals surface area (Å²) in [6, 6.07) is 3.84. The molecule has 0 aliphatic heterocycles. The summed E-state index contributed by atoms with van der Waals surface area (Å²) < 4.78 is 5.29. The maximum atomic E-state index is 11.1. The van der Waals surface area contributed by atoms with Gasteiger partial charge < -0.3 is 9.21 Å². The Morgan fingerprint density at radius 3 is 3.20 bits per heavy atom. The third-order valence-corrected chi connectivity index (χ3v) is 2.95. The molecule has 80 valence electrons. The first-order valence-electron chi connectivity index (χ1n) is 5.49. The first-order chi connectivity index (χ1) is 7.25. The van der Waals surface area contributed by atoms with Crippen molar-refractivity contribution in [2.45, 2.75) is 32.6 Å². The quantitative estimate of drug-likeness (QED) is 0.755. The lowest BCUT2D eigenvalue weighted by Gasteiger charge is -2.08. The minimum atomic E-state index is 0.284. The normalized spacial score (nSPS) is 23.5. The van der Waals surface area contributed by atoms with E-state index in [0.717, 1.165) is 18.6 Å². The number of carbonyl (C=O) groups excluding carboxylic acids is 1. The zero-order valence-corrected chi connectivity index (χ0v) is 9.03. The third kappa shape index (κ3) is 2.58. The molecule has 0 spiro atoms. The highest BCUT2D eigenvalue weighted by atomic mass is 16.3. The van der Waals surface area contributed by atoms with Crippen LogP contribution < -0.4 is 0 Å². The molecule has 1 fully saturated rings. The van der Waals surface area contributed by atoms with Crippen molar-refractivity contribution < 1.29 is 9.21 Å². The molecule has 2 nitrogen and oxygen atoms in total. The molecule has 1 saturated carbocycles. The van der Waals surface area contributed by atoms with Gasteiger partial charge in [-0.15, -0.1) is 0 Å². The summed E-state index contributed by atoms with van der Waals surface area (Å²) in [5.74, 6) is 1.64. The van der Waals surface area contributed by atoms with E-state index in [1.54, 1.807) is 13.2 Å². The van der Waals surface area contributed by atoms with Crippen molar-refractivity contribution in [2.75, 3.05) is 0 Å². The maximum Gasteiger partial charge on any atom is 0.130 e. The lowest BCUT2D eigenvalue weighted by atomic mass is 9.96. The van der Waals surface area contributed by atoms with Gasteiger partial charge in [-0.05, 0) is 50.3 Å². The molecule has 0 N–H and O–H groups in total. The van der Waals surface area contributed by atoms with Crippen LogP contribution in [0.2, 0.25) is 0 Å². The van der Waals surface area contributed by atoms with E-state index in [1.807, 2.05) is 12.1 Å². The second-order valence-corrected chi connectivity index (χ2v) is 4.23. The fourth-order valence-corrected chi connectivity index (χ4v) is 2.27. The van der Waals surface area contributed by atoms with Crippen molar-refractivity contribution in [2.24, 2.45) is 5.92 Å². The number of allylic oxidation sites excluding steroid dienone is 1. The molecule has 0 bridgehead atoms. The summed E-state index contributed by atoms with van der Waals surface area (Å²) in [6.45, 7) is 1.67. The van der Waals surface area contributed by atoms with E-state index in [0.29, 0.717) is 12.3 Å². The van der Waals surface area contributed by atoms with Crippen LogP contribution in [-0.2, 0) is 4.79 Å². The van der Waals surface area contributed by atoms with Crippen LogP contribution in [0.5, 0.6) is 0 Å². The van der Waals surface area contributed by atoms with Crippen LogP contribution in [0.3, 0.4) is 0 Å². The summed E-state index contributed by atoms with van der Waals surface area (Å²) in [5, 5.41) is 0. The van der Waals surface area contributed by atoms with E-state index >= 15 is 0 Å². The smallest absolute Gasteiger partial charge is 0.130 e. The van der Waals surface area contributed by atoms with Gasteiger partial charge in [-0.1, -0.05) is 5.57 Å². The van der Waals surface area contributed by atoms with Crippen LogP contribution >= 0.6 is 0 Å². The first-order valence-corrected chi connectivity index (χ1v) is 5.49. The Kier molecular flexibility index (Phi) is 3.05. The van der Waals surface area contributed by atoms with Crippen molar-refractivity contribution in [3.05, 3.63) is 29.7 Å². The van der Waals surface area contributed by atoms with E-state index in [9.17, 15) is 4.79 Å². The molecule has 1 atom stereocenters. The Labute approximate surface area is 90.0 Å². The van der Waals surface area contributed by atoms with Gasteiger partial charge in [0.25, 0.3) is 0 Å². The highest BCUT2D eigenvalue weighted by Crippen LogP contribution is 2.34. The van der Waals surface area contributed by atoms with E-state index in [2.05, 4.69) is 6.08 Å². The van der Waals surface area contributed by atoms with Crippen molar-refractivity contribution in [1.29, 1.82) is 0 Å². The van der Waals surface area contributed by atoms with Gasteiger partial charge in [0.2, 0.25) is 0 Å². The monoisotopic (exact) mass is 204 g/mol. The molecule has 0 saturated heterocycles. The van der Waals surface area contributed by atoms with Gasteiger partial charge in [0.05, 0.1) is 6.26 Å². The Morgan fingerprint density at radius 2 is 2.53 bits per heavy atom. The van der Waals surface area contributed by atoms with Crippen LogP contribution in [0.15, 0.2) is 28.4 Å². The van der Waals surface area contributed by atoms with E-state index < -0.39 is 0 Å². The topological polar surface area (TPSA) is 30.2 Å². The number of ketones is 1. The minimum absolute atomic E-state index is 0.284. The van der Waals surface area contributed by atoms with Crippen molar-refractivity contribution in [3.63, 3.8) is 0 Å². The first kappa shape index (κ1) is 10.2. The molecule has 0 amide bonds. The molecular weight excluding hydrogens is 188 g/mol. The summed E-state index contributed by atoms with van der Waals surface area (Å²) >= 11 is 0. The Hall–Kier alpha value is -1.31. The molecule has 1 aliphatic rings. The number of rotatable bonds is 3. The van der Waals surface area contributed by atoms with Crippen LogP contribution in [0, 0.1) is 5.92 Å². The molecule has 1 unspecified atom stereocenters. The van der Waals surface area contributed by atoms with Gasteiger partial charge >= 0.3 is 0 Å². The van der Waals surface area contributed by atoms with Gasteiger partial charge in [0.1, 0.15) is 11.5 Å². The van der Waals surface area contributed by atoms with Crippen LogP contribution in [0.25, 0.3) is 6.08 Å². The Balaban J connectivity index is 2.10. The molecular formula is C13H16O2. The number of furan rings is 1. The van der Waals surface area contributed by atoms with Crippen molar-refractivity contribution >= 4 is 11.9 Å². The Morgan fingerprint density at radius 1 is 1.67 bits per heavy atom. The molecule has 0 aromatic carbocycles. The molecule has 2 rings (SSSR count). The van der Waals surface area contributed by atoms with Crippen LogP contribution in [-0.4, -0.2) is 5.78 Å². The number of hydrogen-bond acceptors (Lipinski definition) is 2. The summed E-state index contributed by atoms with van der Waals surface area (Å²) in [6.07, 6.45) is 7.92. The SMILES string of the molecule is CC(=O)CC1CCC/C1=C\c1ccco1. The molecule has 0 radical (unpaired) electrons. The largest absolute Gasteiger partial charge is 0.465 e. The van der Waals surface area contributed by atoms with Crippen LogP contribution in [0.4, 0.5) is 0 Å². The lowest BCUT2D eigenvalue weighted by molar-refractivity contribution is -0.117. The van der Waals surface area contributed by atoms with Gasteiger partial charge in [-0.2, -0.15) is 0 Å². The van der Waals surface area contributed by atoms with E-state index in [-0.39, 0.29) is 5.78 Å². The van der Waals surface area contributed by atoms with E-state index in [4.69, 9.17) is 4.42 Å². The fourth-order valence-electron chi connectivity index (χ4n) is 2.27.